The van der Waals surface area contributed by atoms with Crippen molar-refractivity contribution in [2.75, 3.05) is 18.5 Å². The van der Waals surface area contributed by atoms with Crippen LogP contribution in [0.1, 0.15) is 11.3 Å². The normalized spacial score (nSPS) is 11.1. The zero-order valence-corrected chi connectivity index (χ0v) is 18.4. The molecular weight excluding hydrogens is 454 g/mol. The number of amides is 2. The molecule has 10 heteroatoms. The molecule has 0 aliphatic rings. The zero-order chi connectivity index (χ0) is 24.4. The molecule has 0 bridgehead atoms. The Kier molecular flexibility index (Phi) is 5.92. The standard InChI is InChI=1S/C25H20F2N6O2/c26-9-10-28-25(35)31-24-29-20-8-6-15(13-22(20)30-24)18-11-14(5-7-19(18)27)12-21-16-3-1-2-4-17(16)23(34)33-32-21/h1-8,11,13H,9-10,12H2,(H,33,34)(H3,28,29,30,31,35). The van der Waals surface area contributed by atoms with E-state index in [0.717, 1.165) is 10.9 Å². The number of carbonyl (C=O) groups is 1. The number of hydrogen-bond donors (Lipinski definition) is 4. The first-order valence-corrected chi connectivity index (χ1v) is 10.9. The van der Waals surface area contributed by atoms with Gasteiger partial charge < -0.3 is 10.3 Å². The molecule has 2 amide bonds. The summed E-state index contributed by atoms with van der Waals surface area (Å²) in [7, 11) is 0. The topological polar surface area (TPSA) is 116 Å². The van der Waals surface area contributed by atoms with Gasteiger partial charge in [-0.3, -0.25) is 10.1 Å². The van der Waals surface area contributed by atoms with Crippen molar-refractivity contribution >= 4 is 33.8 Å². The van der Waals surface area contributed by atoms with Crippen molar-refractivity contribution in [1.82, 2.24) is 25.5 Å². The van der Waals surface area contributed by atoms with E-state index in [1.165, 1.54) is 6.07 Å². The second-order valence-electron chi connectivity index (χ2n) is 7.92. The second-order valence-corrected chi connectivity index (χ2v) is 7.92. The smallest absolute Gasteiger partial charge is 0.321 e. The molecule has 0 aliphatic heterocycles. The van der Waals surface area contributed by atoms with Gasteiger partial charge in [-0.1, -0.05) is 30.3 Å². The van der Waals surface area contributed by atoms with Crippen molar-refractivity contribution in [2.45, 2.75) is 6.42 Å². The average molecular weight is 474 g/mol. The number of halogens is 2. The highest BCUT2D eigenvalue weighted by atomic mass is 19.1. The van der Waals surface area contributed by atoms with Crippen molar-refractivity contribution in [1.29, 1.82) is 0 Å². The average Bonchev–Trinajstić information content (AvgIpc) is 3.27. The Bertz CT molecular complexity index is 1610. The summed E-state index contributed by atoms with van der Waals surface area (Å²) in [5.74, 6) is -0.199. The van der Waals surface area contributed by atoms with Gasteiger partial charge in [0.2, 0.25) is 5.95 Å². The molecule has 3 aromatic carbocycles. The Morgan fingerprint density at radius 3 is 2.69 bits per heavy atom. The Morgan fingerprint density at radius 1 is 1.03 bits per heavy atom. The number of urea groups is 1. The van der Waals surface area contributed by atoms with E-state index in [9.17, 15) is 18.4 Å². The number of anilines is 1. The van der Waals surface area contributed by atoms with E-state index in [4.69, 9.17) is 0 Å². The third kappa shape index (κ3) is 4.58. The van der Waals surface area contributed by atoms with E-state index in [-0.39, 0.29) is 18.1 Å². The number of imidazole rings is 1. The minimum atomic E-state index is -0.671. The lowest BCUT2D eigenvalue weighted by Gasteiger charge is -2.09. The number of H-pyrrole nitrogens is 2. The molecule has 0 unspecified atom stereocenters. The predicted molar refractivity (Wildman–Crippen MR) is 130 cm³/mol. The van der Waals surface area contributed by atoms with E-state index in [1.54, 1.807) is 42.5 Å². The molecule has 176 valence electrons. The molecule has 0 aliphatic carbocycles. The van der Waals surface area contributed by atoms with Gasteiger partial charge in [0.05, 0.1) is 22.1 Å². The molecule has 0 saturated heterocycles. The fourth-order valence-electron chi connectivity index (χ4n) is 3.95. The van der Waals surface area contributed by atoms with Gasteiger partial charge in [-0.2, -0.15) is 5.10 Å². The van der Waals surface area contributed by atoms with Crippen molar-refractivity contribution < 1.29 is 13.6 Å². The van der Waals surface area contributed by atoms with Crippen LogP contribution in [0.5, 0.6) is 0 Å². The largest absolute Gasteiger partial charge is 0.335 e. The van der Waals surface area contributed by atoms with Crippen molar-refractivity contribution in [2.24, 2.45) is 0 Å². The van der Waals surface area contributed by atoms with Crippen LogP contribution in [0, 0.1) is 5.82 Å². The first kappa shape index (κ1) is 22.2. The van der Waals surface area contributed by atoms with Gasteiger partial charge in [0, 0.05) is 23.9 Å². The third-order valence-electron chi connectivity index (χ3n) is 5.58. The Hall–Kier alpha value is -4.60. The number of hydrogen-bond acceptors (Lipinski definition) is 4. The maximum Gasteiger partial charge on any atom is 0.321 e. The summed E-state index contributed by atoms with van der Waals surface area (Å²) >= 11 is 0. The number of alkyl halides is 1. The van der Waals surface area contributed by atoms with E-state index in [2.05, 4.69) is 30.8 Å². The van der Waals surface area contributed by atoms with Crippen LogP contribution in [0.4, 0.5) is 19.5 Å². The molecule has 0 fully saturated rings. The van der Waals surface area contributed by atoms with Crippen molar-refractivity contribution in [3.8, 4) is 11.1 Å². The van der Waals surface area contributed by atoms with Crippen LogP contribution >= 0.6 is 0 Å². The summed E-state index contributed by atoms with van der Waals surface area (Å²) in [5, 5.41) is 12.9. The van der Waals surface area contributed by atoms with Crippen LogP contribution in [0.25, 0.3) is 32.9 Å². The maximum absolute atomic E-state index is 14.8. The quantitative estimate of drug-likeness (QED) is 0.294. The van der Waals surface area contributed by atoms with E-state index < -0.39 is 18.5 Å². The summed E-state index contributed by atoms with van der Waals surface area (Å²) in [5.41, 5.74) is 3.43. The molecule has 5 rings (SSSR count). The highest BCUT2D eigenvalue weighted by molar-refractivity contribution is 5.91. The van der Waals surface area contributed by atoms with Crippen LogP contribution in [-0.2, 0) is 6.42 Å². The summed E-state index contributed by atoms with van der Waals surface area (Å²) in [6, 6.07) is 16.7. The van der Waals surface area contributed by atoms with Crippen LogP contribution < -0.4 is 16.2 Å². The molecule has 35 heavy (non-hydrogen) atoms. The molecule has 2 aromatic heterocycles. The fourth-order valence-corrected chi connectivity index (χ4v) is 3.95. The molecule has 0 radical (unpaired) electrons. The van der Waals surface area contributed by atoms with Crippen molar-refractivity contribution in [3.05, 3.63) is 88.1 Å². The lowest BCUT2D eigenvalue weighted by molar-refractivity contribution is 0.251. The first-order valence-electron chi connectivity index (χ1n) is 10.9. The Balaban J connectivity index is 1.45. The van der Waals surface area contributed by atoms with Crippen LogP contribution in [-0.4, -0.2) is 39.4 Å². The fraction of sp³-hybridized carbons (Fsp3) is 0.120. The predicted octanol–water partition coefficient (Wildman–Crippen LogP) is 4.29. The molecule has 5 aromatic rings. The summed E-state index contributed by atoms with van der Waals surface area (Å²) in [6.07, 6.45) is 0.402. The molecule has 8 nitrogen and oxygen atoms in total. The van der Waals surface area contributed by atoms with Gasteiger partial charge in [0.15, 0.2) is 0 Å². The second kappa shape index (κ2) is 9.34. The number of benzene rings is 3. The number of nitrogens with one attached hydrogen (secondary N) is 4. The van der Waals surface area contributed by atoms with Crippen molar-refractivity contribution in [3.63, 3.8) is 0 Å². The van der Waals surface area contributed by atoms with Crippen LogP contribution in [0.2, 0.25) is 0 Å². The summed E-state index contributed by atoms with van der Waals surface area (Å²) in [4.78, 5) is 31.1. The Labute approximate surface area is 197 Å². The molecule has 0 atom stereocenters. The van der Waals surface area contributed by atoms with Gasteiger partial charge in [0.25, 0.3) is 5.56 Å². The van der Waals surface area contributed by atoms with Gasteiger partial charge in [-0.05, 0) is 41.5 Å². The molecule has 4 N–H and O–H groups in total. The van der Waals surface area contributed by atoms with Gasteiger partial charge in [-0.25, -0.2) is 23.7 Å². The van der Waals surface area contributed by atoms with E-state index in [1.807, 2.05) is 12.1 Å². The molecule has 2 heterocycles. The molecular formula is C25H20F2N6O2. The first-order chi connectivity index (χ1) is 17.0. The maximum atomic E-state index is 14.8. The van der Waals surface area contributed by atoms with Gasteiger partial charge in [-0.15, -0.1) is 0 Å². The Morgan fingerprint density at radius 2 is 1.86 bits per heavy atom. The highest BCUT2D eigenvalue weighted by Gasteiger charge is 2.13. The summed E-state index contributed by atoms with van der Waals surface area (Å²) < 4.78 is 27.0. The zero-order valence-electron chi connectivity index (χ0n) is 18.4. The van der Waals surface area contributed by atoms with Crippen LogP contribution in [0.15, 0.2) is 65.5 Å². The highest BCUT2D eigenvalue weighted by Crippen LogP contribution is 2.28. The van der Waals surface area contributed by atoms with Crippen LogP contribution in [0.3, 0.4) is 0 Å². The molecule has 0 spiro atoms. The van der Waals surface area contributed by atoms with Gasteiger partial charge in [0.1, 0.15) is 12.5 Å². The number of rotatable bonds is 6. The number of aromatic amines is 2. The molecule has 0 saturated carbocycles. The SMILES string of the molecule is O=C(NCCF)Nc1nc2ccc(-c3cc(Cc4n[nH]c(=O)c5ccccc45)ccc3F)cc2[nH]1. The minimum Gasteiger partial charge on any atom is -0.335 e. The van der Waals surface area contributed by atoms with Gasteiger partial charge >= 0.3 is 6.03 Å². The lowest BCUT2D eigenvalue weighted by atomic mass is 9.98. The monoisotopic (exact) mass is 474 g/mol. The van der Waals surface area contributed by atoms with E-state index >= 15 is 0 Å². The minimum absolute atomic E-state index is 0.101. The lowest BCUT2D eigenvalue weighted by Crippen LogP contribution is -2.30. The number of carbonyl (C=O) groups excluding carboxylic acids is 1. The summed E-state index contributed by atoms with van der Waals surface area (Å²) in [6.45, 7) is -0.772. The number of nitrogens with zero attached hydrogens (tertiary/aromatic N) is 2. The van der Waals surface area contributed by atoms with E-state index in [0.29, 0.717) is 39.7 Å². The number of fused-ring (bicyclic) bond motifs is 2. The number of aromatic nitrogens is 4. The third-order valence-corrected chi connectivity index (χ3v) is 5.58.